The van der Waals surface area contributed by atoms with Gasteiger partial charge in [0.2, 0.25) is 5.91 Å². The molecular formula is C24H27FN2O2S. The molecule has 2 aromatic rings. The Kier molecular flexibility index (Phi) is 5.81. The molecule has 0 bridgehead atoms. The normalized spacial score (nSPS) is 24.9. The number of fused-ring (bicyclic) bond motifs is 1. The highest BCUT2D eigenvalue weighted by Crippen LogP contribution is 2.37. The summed E-state index contributed by atoms with van der Waals surface area (Å²) in [5.74, 6) is 0.0351. The molecule has 30 heavy (non-hydrogen) atoms. The van der Waals surface area contributed by atoms with E-state index < -0.39 is 0 Å². The fourth-order valence-electron chi connectivity index (χ4n) is 5.02. The van der Waals surface area contributed by atoms with Gasteiger partial charge in [-0.05, 0) is 54.7 Å². The van der Waals surface area contributed by atoms with E-state index in [1.807, 2.05) is 17.0 Å². The van der Waals surface area contributed by atoms with E-state index >= 15 is 0 Å². The largest absolute Gasteiger partial charge is 0.378 e. The summed E-state index contributed by atoms with van der Waals surface area (Å²) in [7, 11) is 0. The fraction of sp³-hybridized carbons (Fsp3) is 0.458. The van der Waals surface area contributed by atoms with Crippen molar-refractivity contribution in [1.82, 2.24) is 9.80 Å². The molecule has 1 aliphatic carbocycles. The first-order chi connectivity index (χ1) is 14.7. The van der Waals surface area contributed by atoms with E-state index in [1.165, 1.54) is 23.3 Å². The van der Waals surface area contributed by atoms with Crippen LogP contribution in [-0.4, -0.2) is 65.9 Å². The van der Waals surface area contributed by atoms with Crippen molar-refractivity contribution in [3.63, 3.8) is 0 Å². The summed E-state index contributed by atoms with van der Waals surface area (Å²) in [6, 6.07) is 15.6. The summed E-state index contributed by atoms with van der Waals surface area (Å²) in [6.45, 7) is 3.51. The number of amides is 1. The zero-order chi connectivity index (χ0) is 20.5. The van der Waals surface area contributed by atoms with Crippen LogP contribution in [0.1, 0.15) is 17.5 Å². The maximum atomic E-state index is 13.5. The number of nitrogens with zero attached hydrogens (tertiary/aromatic N) is 2. The van der Waals surface area contributed by atoms with Crippen LogP contribution >= 0.6 is 11.8 Å². The van der Waals surface area contributed by atoms with E-state index in [-0.39, 0.29) is 17.8 Å². The number of thioether (sulfide) groups is 1. The molecule has 2 fully saturated rings. The number of morpholine rings is 1. The van der Waals surface area contributed by atoms with Gasteiger partial charge in [-0.3, -0.25) is 9.69 Å². The van der Waals surface area contributed by atoms with E-state index in [4.69, 9.17) is 4.74 Å². The van der Waals surface area contributed by atoms with Crippen molar-refractivity contribution in [2.45, 2.75) is 41.5 Å². The van der Waals surface area contributed by atoms with Crippen molar-refractivity contribution in [3.05, 3.63) is 65.5 Å². The molecule has 2 atom stereocenters. The second kappa shape index (κ2) is 8.69. The van der Waals surface area contributed by atoms with Gasteiger partial charge in [-0.25, -0.2) is 4.39 Å². The first-order valence-corrected chi connectivity index (χ1v) is 11.7. The van der Waals surface area contributed by atoms with Crippen LogP contribution in [0.4, 0.5) is 4.39 Å². The quantitative estimate of drug-likeness (QED) is 0.750. The molecule has 0 aromatic heterocycles. The molecule has 0 N–H and O–H groups in total. The van der Waals surface area contributed by atoms with Crippen LogP contribution < -0.4 is 0 Å². The molecule has 2 aromatic carbocycles. The first-order valence-electron chi connectivity index (χ1n) is 10.8. The maximum Gasteiger partial charge on any atom is 0.240 e. The Morgan fingerprint density at radius 3 is 2.33 bits per heavy atom. The van der Waals surface area contributed by atoms with Crippen LogP contribution in [0.5, 0.6) is 0 Å². The number of benzene rings is 2. The highest BCUT2D eigenvalue weighted by Gasteiger charge is 2.43. The molecule has 2 saturated heterocycles. The predicted octanol–water partition coefficient (Wildman–Crippen LogP) is 3.39. The minimum atomic E-state index is -0.212. The number of carbonyl (C=O) groups is 1. The summed E-state index contributed by atoms with van der Waals surface area (Å²) in [6.07, 6.45) is 2.86. The second-order valence-corrected chi connectivity index (χ2v) is 9.78. The van der Waals surface area contributed by atoms with E-state index in [1.54, 1.807) is 11.8 Å². The van der Waals surface area contributed by atoms with Gasteiger partial charge in [-0.1, -0.05) is 24.3 Å². The standard InChI is InChI=1S/C24H27FN2O2S/c25-19-5-7-21(8-6-19)30-22-15-23(24(28)26-9-11-29-12-10-26)27(16-22)20-13-17-3-1-2-4-18(17)14-20/h1-8,20,22-23H,9-16H2/t22-,23-/m0/s1. The van der Waals surface area contributed by atoms with Crippen molar-refractivity contribution >= 4 is 17.7 Å². The zero-order valence-corrected chi connectivity index (χ0v) is 17.8. The zero-order valence-electron chi connectivity index (χ0n) is 17.0. The lowest BCUT2D eigenvalue weighted by Crippen LogP contribution is -2.52. The van der Waals surface area contributed by atoms with Gasteiger partial charge in [-0.2, -0.15) is 0 Å². The molecule has 0 radical (unpaired) electrons. The van der Waals surface area contributed by atoms with E-state index in [0.717, 1.165) is 30.7 Å². The van der Waals surface area contributed by atoms with Crippen LogP contribution in [0.3, 0.4) is 0 Å². The molecular weight excluding hydrogens is 399 g/mol. The molecule has 3 aliphatic rings. The topological polar surface area (TPSA) is 32.8 Å². The highest BCUT2D eigenvalue weighted by atomic mass is 32.2. The Morgan fingerprint density at radius 1 is 1.00 bits per heavy atom. The minimum absolute atomic E-state index is 0.0830. The van der Waals surface area contributed by atoms with Gasteiger partial charge in [0.15, 0.2) is 0 Å². The van der Waals surface area contributed by atoms with Crippen molar-refractivity contribution in [2.24, 2.45) is 0 Å². The third kappa shape index (κ3) is 4.13. The lowest BCUT2D eigenvalue weighted by Gasteiger charge is -2.35. The average molecular weight is 427 g/mol. The molecule has 0 saturated carbocycles. The minimum Gasteiger partial charge on any atom is -0.378 e. The SMILES string of the molecule is O=C([C@@H]1C[C@H](Sc2ccc(F)cc2)CN1C1Cc2ccccc2C1)N1CCOCC1. The second-order valence-electron chi connectivity index (χ2n) is 8.41. The molecule has 6 heteroatoms. The van der Waals surface area contributed by atoms with Crippen molar-refractivity contribution in [2.75, 3.05) is 32.8 Å². The summed E-state index contributed by atoms with van der Waals surface area (Å²) in [5.41, 5.74) is 2.82. The molecule has 1 amide bonds. The first kappa shape index (κ1) is 20.0. The molecule has 4 nitrogen and oxygen atoms in total. The Bertz CT molecular complexity index is 875. The lowest BCUT2D eigenvalue weighted by atomic mass is 10.1. The Hall–Kier alpha value is -1.89. The van der Waals surface area contributed by atoms with Gasteiger partial charge in [0.1, 0.15) is 5.82 Å². The monoisotopic (exact) mass is 426 g/mol. The number of likely N-dealkylation sites (tertiary alicyclic amines) is 1. The van der Waals surface area contributed by atoms with Gasteiger partial charge in [0.05, 0.1) is 19.3 Å². The van der Waals surface area contributed by atoms with E-state index in [9.17, 15) is 9.18 Å². The van der Waals surface area contributed by atoms with Crippen LogP contribution in [0.25, 0.3) is 0 Å². The maximum absolute atomic E-state index is 13.5. The summed E-state index contributed by atoms with van der Waals surface area (Å²) >= 11 is 1.77. The Balaban J connectivity index is 1.34. The van der Waals surface area contributed by atoms with Gasteiger partial charge >= 0.3 is 0 Å². The number of carbonyl (C=O) groups excluding carboxylic acids is 1. The third-order valence-corrected chi connectivity index (χ3v) is 7.74. The van der Waals surface area contributed by atoms with Crippen LogP contribution in [0, 0.1) is 5.82 Å². The van der Waals surface area contributed by atoms with Crippen LogP contribution in [0.15, 0.2) is 53.4 Å². The number of hydrogen-bond acceptors (Lipinski definition) is 4. The summed E-state index contributed by atoms with van der Waals surface area (Å²) in [4.78, 5) is 19.0. The third-order valence-electron chi connectivity index (χ3n) is 6.52. The molecule has 0 unspecified atom stereocenters. The summed E-state index contributed by atoms with van der Waals surface area (Å²) < 4.78 is 18.7. The number of ether oxygens (including phenoxy) is 1. The number of halogens is 1. The predicted molar refractivity (Wildman–Crippen MR) is 116 cm³/mol. The van der Waals surface area contributed by atoms with Gasteiger partial charge < -0.3 is 9.64 Å². The van der Waals surface area contributed by atoms with E-state index in [0.29, 0.717) is 37.6 Å². The van der Waals surface area contributed by atoms with Gasteiger partial charge in [0.25, 0.3) is 0 Å². The molecule has 5 rings (SSSR count). The van der Waals surface area contributed by atoms with Crippen LogP contribution in [0.2, 0.25) is 0 Å². The highest BCUT2D eigenvalue weighted by molar-refractivity contribution is 8.00. The Labute approximate surface area is 181 Å². The molecule has 0 spiro atoms. The average Bonchev–Trinajstić information content (AvgIpc) is 3.39. The fourth-order valence-corrected chi connectivity index (χ4v) is 6.23. The number of rotatable bonds is 4. The van der Waals surface area contributed by atoms with Crippen molar-refractivity contribution in [1.29, 1.82) is 0 Å². The summed E-state index contributed by atoms with van der Waals surface area (Å²) in [5, 5.41) is 0.328. The van der Waals surface area contributed by atoms with E-state index in [2.05, 4.69) is 29.2 Å². The van der Waals surface area contributed by atoms with Crippen molar-refractivity contribution < 1.29 is 13.9 Å². The van der Waals surface area contributed by atoms with Crippen molar-refractivity contribution in [3.8, 4) is 0 Å². The molecule has 158 valence electrons. The Morgan fingerprint density at radius 2 is 1.67 bits per heavy atom. The van der Waals surface area contributed by atoms with Gasteiger partial charge in [0, 0.05) is 35.8 Å². The van der Waals surface area contributed by atoms with Gasteiger partial charge in [-0.15, -0.1) is 11.8 Å². The number of hydrogen-bond donors (Lipinski definition) is 0. The molecule has 2 heterocycles. The smallest absolute Gasteiger partial charge is 0.240 e. The lowest BCUT2D eigenvalue weighted by molar-refractivity contribution is -0.140. The molecule has 2 aliphatic heterocycles. The van der Waals surface area contributed by atoms with Crippen LogP contribution in [-0.2, 0) is 22.4 Å².